The number of rotatable bonds is 3. The minimum Gasteiger partial charge on any atom is -0.365 e. The van der Waals surface area contributed by atoms with E-state index in [4.69, 9.17) is 0 Å². The molecule has 5 aliphatic carbocycles. The summed E-state index contributed by atoms with van der Waals surface area (Å²) in [6.45, 7) is 0. The van der Waals surface area contributed by atoms with E-state index in [1.807, 2.05) is 0 Å². The molecule has 1 aromatic rings. The highest BCUT2D eigenvalue weighted by molar-refractivity contribution is 5.27. The van der Waals surface area contributed by atoms with Crippen LogP contribution >= 0.6 is 0 Å². The third kappa shape index (κ3) is 1.59. The molecule has 0 aliphatic heterocycles. The topological polar surface area (TPSA) is 27.8 Å². The number of H-pyrrole nitrogens is 1. The van der Waals surface area contributed by atoms with Crippen LogP contribution in [-0.2, 0) is 5.41 Å². The molecule has 2 heteroatoms. The quantitative estimate of drug-likeness (QED) is 0.852. The molecule has 0 radical (unpaired) electrons. The molecule has 5 saturated carbocycles. The van der Waals surface area contributed by atoms with Crippen molar-refractivity contribution in [2.45, 2.75) is 68.4 Å². The minimum absolute atomic E-state index is 0.482. The van der Waals surface area contributed by atoms with Crippen LogP contribution in [0.3, 0.4) is 0 Å². The first-order chi connectivity index (χ1) is 9.25. The second kappa shape index (κ2) is 3.46. The van der Waals surface area contributed by atoms with Crippen LogP contribution in [0.1, 0.15) is 57.1 Å². The van der Waals surface area contributed by atoms with Gasteiger partial charge in [-0.25, -0.2) is 0 Å². The average molecular weight is 256 g/mol. The lowest BCUT2D eigenvalue weighted by molar-refractivity contribution is -0.0430. The Balaban J connectivity index is 1.54. The Morgan fingerprint density at radius 1 is 1.11 bits per heavy atom. The van der Waals surface area contributed by atoms with Gasteiger partial charge >= 0.3 is 0 Å². The molecule has 4 bridgehead atoms. The summed E-state index contributed by atoms with van der Waals surface area (Å²) in [6, 6.07) is 5.39. The Bertz CT molecular complexity index is 466. The highest BCUT2D eigenvalue weighted by atomic mass is 15.1. The van der Waals surface area contributed by atoms with E-state index >= 15 is 0 Å². The molecule has 6 rings (SSSR count). The summed E-state index contributed by atoms with van der Waals surface area (Å²) in [5.41, 5.74) is 2.51. The maximum Gasteiger partial charge on any atom is 0.0210 e. The molecule has 19 heavy (non-hydrogen) atoms. The van der Waals surface area contributed by atoms with Crippen LogP contribution in [0, 0.1) is 11.8 Å². The predicted molar refractivity (Wildman–Crippen MR) is 76.0 cm³/mol. The van der Waals surface area contributed by atoms with Gasteiger partial charge in [0.05, 0.1) is 0 Å². The van der Waals surface area contributed by atoms with Gasteiger partial charge in [-0.05, 0) is 75.3 Å². The fourth-order valence-corrected chi connectivity index (χ4v) is 6.07. The molecule has 1 aromatic heterocycles. The van der Waals surface area contributed by atoms with Gasteiger partial charge in [0, 0.05) is 28.9 Å². The van der Waals surface area contributed by atoms with Crippen molar-refractivity contribution in [1.29, 1.82) is 0 Å². The standard InChI is InChI=1S/C17H24N2/c1-2-15(18-5-1)16-7-12-6-13(8-16)10-17(9-12,11-16)19-14-3-4-14/h1-2,5,12-14,18-19H,3-4,6-11H2. The summed E-state index contributed by atoms with van der Waals surface area (Å²) in [6.07, 6.45) is 13.7. The maximum atomic E-state index is 4.07. The van der Waals surface area contributed by atoms with Crippen molar-refractivity contribution >= 4 is 0 Å². The van der Waals surface area contributed by atoms with Crippen molar-refractivity contribution in [3.63, 3.8) is 0 Å². The van der Waals surface area contributed by atoms with Crippen molar-refractivity contribution < 1.29 is 0 Å². The first-order valence-corrected chi connectivity index (χ1v) is 8.17. The van der Waals surface area contributed by atoms with Crippen molar-refractivity contribution in [3.8, 4) is 0 Å². The molecule has 0 aromatic carbocycles. The Morgan fingerprint density at radius 2 is 1.89 bits per heavy atom. The first kappa shape index (κ1) is 11.0. The van der Waals surface area contributed by atoms with E-state index in [0.717, 1.165) is 17.9 Å². The zero-order valence-electron chi connectivity index (χ0n) is 11.6. The third-order valence-electron chi connectivity index (χ3n) is 6.32. The number of hydrogen-bond acceptors (Lipinski definition) is 1. The number of nitrogens with one attached hydrogen (secondary N) is 2. The summed E-state index contributed by atoms with van der Waals surface area (Å²) >= 11 is 0. The van der Waals surface area contributed by atoms with Crippen molar-refractivity contribution in [2.24, 2.45) is 11.8 Å². The zero-order valence-corrected chi connectivity index (χ0v) is 11.6. The van der Waals surface area contributed by atoms with Gasteiger partial charge in [-0.3, -0.25) is 0 Å². The second-order valence-corrected chi connectivity index (χ2v) is 8.02. The summed E-state index contributed by atoms with van der Waals surface area (Å²) in [7, 11) is 0. The molecule has 2 N–H and O–H groups in total. The van der Waals surface area contributed by atoms with Crippen LogP contribution in [0.15, 0.2) is 18.3 Å². The molecule has 2 atom stereocenters. The van der Waals surface area contributed by atoms with Gasteiger partial charge in [0.25, 0.3) is 0 Å². The monoisotopic (exact) mass is 256 g/mol. The van der Waals surface area contributed by atoms with Gasteiger partial charge in [0.15, 0.2) is 0 Å². The number of aromatic amines is 1. The van der Waals surface area contributed by atoms with E-state index in [9.17, 15) is 0 Å². The fraction of sp³-hybridized carbons (Fsp3) is 0.765. The Morgan fingerprint density at radius 3 is 2.53 bits per heavy atom. The van der Waals surface area contributed by atoms with E-state index in [0.29, 0.717) is 11.0 Å². The van der Waals surface area contributed by atoms with E-state index < -0.39 is 0 Å². The van der Waals surface area contributed by atoms with E-state index in [2.05, 4.69) is 28.6 Å². The lowest BCUT2D eigenvalue weighted by Crippen LogP contribution is -2.63. The lowest BCUT2D eigenvalue weighted by atomic mass is 9.46. The molecule has 5 aliphatic rings. The SMILES string of the molecule is c1c[nH]c(C23CC4CC(CC(NC5CC5)(C4)C2)C3)c1. The van der Waals surface area contributed by atoms with Crippen molar-refractivity contribution in [3.05, 3.63) is 24.0 Å². The summed E-state index contributed by atoms with van der Waals surface area (Å²) in [4.78, 5) is 3.55. The predicted octanol–water partition coefficient (Wildman–Crippen LogP) is 3.36. The van der Waals surface area contributed by atoms with Crippen LogP contribution in [-0.4, -0.2) is 16.6 Å². The highest BCUT2D eigenvalue weighted by Crippen LogP contribution is 2.62. The van der Waals surface area contributed by atoms with Crippen LogP contribution in [0.25, 0.3) is 0 Å². The van der Waals surface area contributed by atoms with Crippen LogP contribution in [0.2, 0.25) is 0 Å². The van der Waals surface area contributed by atoms with E-state index in [-0.39, 0.29) is 0 Å². The molecular weight excluding hydrogens is 232 g/mol. The molecule has 0 spiro atoms. The summed E-state index contributed by atoms with van der Waals surface area (Å²) < 4.78 is 0. The van der Waals surface area contributed by atoms with Gasteiger partial charge in [-0.2, -0.15) is 0 Å². The second-order valence-electron chi connectivity index (χ2n) is 8.02. The fourth-order valence-electron chi connectivity index (χ4n) is 6.07. The Hall–Kier alpha value is -0.760. The van der Waals surface area contributed by atoms with Crippen LogP contribution in [0.5, 0.6) is 0 Å². The molecule has 102 valence electrons. The van der Waals surface area contributed by atoms with E-state index in [1.54, 1.807) is 0 Å². The molecule has 5 fully saturated rings. The van der Waals surface area contributed by atoms with Gasteiger partial charge < -0.3 is 10.3 Å². The Labute approximate surface area is 115 Å². The van der Waals surface area contributed by atoms with Crippen LogP contribution < -0.4 is 5.32 Å². The molecule has 0 saturated heterocycles. The third-order valence-corrected chi connectivity index (χ3v) is 6.32. The minimum atomic E-state index is 0.482. The summed E-state index contributed by atoms with van der Waals surface area (Å²) in [5.74, 6) is 1.96. The largest absolute Gasteiger partial charge is 0.365 e. The first-order valence-electron chi connectivity index (χ1n) is 8.17. The molecule has 2 nitrogen and oxygen atoms in total. The van der Waals surface area contributed by atoms with Gasteiger partial charge in [0.1, 0.15) is 0 Å². The molecule has 2 unspecified atom stereocenters. The maximum absolute atomic E-state index is 4.07. The van der Waals surface area contributed by atoms with E-state index in [1.165, 1.54) is 57.1 Å². The van der Waals surface area contributed by atoms with Gasteiger partial charge in [-0.1, -0.05) is 0 Å². The molecule has 0 amide bonds. The van der Waals surface area contributed by atoms with Crippen molar-refractivity contribution in [1.82, 2.24) is 10.3 Å². The molecule has 1 heterocycles. The zero-order chi connectivity index (χ0) is 12.5. The highest BCUT2D eigenvalue weighted by Gasteiger charge is 2.59. The van der Waals surface area contributed by atoms with Crippen molar-refractivity contribution in [2.75, 3.05) is 0 Å². The number of hydrogen-bond donors (Lipinski definition) is 2. The normalized spacial score (nSPS) is 47.8. The Kier molecular flexibility index (Phi) is 2.00. The average Bonchev–Trinajstić information content (AvgIpc) is 2.97. The lowest BCUT2D eigenvalue weighted by Gasteiger charge is -2.62. The number of aromatic nitrogens is 1. The van der Waals surface area contributed by atoms with Gasteiger partial charge in [0.2, 0.25) is 0 Å². The smallest absolute Gasteiger partial charge is 0.0210 e. The van der Waals surface area contributed by atoms with Gasteiger partial charge in [-0.15, -0.1) is 0 Å². The molecular formula is C17H24N2. The van der Waals surface area contributed by atoms with Crippen LogP contribution in [0.4, 0.5) is 0 Å². The summed E-state index contributed by atoms with van der Waals surface area (Å²) in [5, 5.41) is 4.07.